The van der Waals surface area contributed by atoms with Crippen molar-refractivity contribution in [3.05, 3.63) is 18.2 Å². The standard InChI is InChI=1S/C15H27N3O2S/c1-6-12(3)11-18(7-2)13-9-8-10-14(15(13)16)21(19,20)17(4)5/h8-10,12H,6-7,11,16H2,1-5H3. The van der Waals surface area contributed by atoms with Crippen LogP contribution in [0.15, 0.2) is 23.1 Å². The van der Waals surface area contributed by atoms with E-state index in [1.54, 1.807) is 12.1 Å². The summed E-state index contributed by atoms with van der Waals surface area (Å²) in [6.45, 7) is 8.03. The quantitative estimate of drug-likeness (QED) is 0.785. The lowest BCUT2D eigenvalue weighted by molar-refractivity contribution is 0.521. The largest absolute Gasteiger partial charge is 0.396 e. The molecule has 0 fully saturated rings. The first kappa shape index (κ1) is 17.8. The first-order valence-corrected chi connectivity index (χ1v) is 8.75. The van der Waals surface area contributed by atoms with Gasteiger partial charge in [0.05, 0.1) is 11.4 Å². The van der Waals surface area contributed by atoms with Gasteiger partial charge in [0.25, 0.3) is 0 Å². The lowest BCUT2D eigenvalue weighted by Crippen LogP contribution is -2.30. The Balaban J connectivity index is 3.27. The van der Waals surface area contributed by atoms with Crippen molar-refractivity contribution in [1.29, 1.82) is 0 Å². The molecule has 0 aliphatic carbocycles. The van der Waals surface area contributed by atoms with Gasteiger partial charge in [0, 0.05) is 27.2 Å². The Labute approximate surface area is 128 Å². The smallest absolute Gasteiger partial charge is 0.244 e. The number of rotatable bonds is 7. The van der Waals surface area contributed by atoms with Crippen LogP contribution in [0.1, 0.15) is 27.2 Å². The predicted molar refractivity (Wildman–Crippen MR) is 89.1 cm³/mol. The summed E-state index contributed by atoms with van der Waals surface area (Å²) < 4.78 is 25.8. The van der Waals surface area contributed by atoms with Gasteiger partial charge < -0.3 is 10.6 Å². The molecular weight excluding hydrogens is 286 g/mol. The molecule has 5 nitrogen and oxygen atoms in total. The van der Waals surface area contributed by atoms with Crippen LogP contribution in [0.3, 0.4) is 0 Å². The van der Waals surface area contributed by atoms with Gasteiger partial charge in [-0.15, -0.1) is 0 Å². The minimum atomic E-state index is -3.52. The first-order valence-electron chi connectivity index (χ1n) is 7.31. The molecule has 0 saturated heterocycles. The molecule has 1 unspecified atom stereocenters. The Morgan fingerprint density at radius 1 is 1.24 bits per heavy atom. The van der Waals surface area contributed by atoms with E-state index in [-0.39, 0.29) is 4.90 Å². The highest BCUT2D eigenvalue weighted by molar-refractivity contribution is 7.89. The molecule has 6 heteroatoms. The van der Waals surface area contributed by atoms with Crippen molar-refractivity contribution >= 4 is 21.4 Å². The Morgan fingerprint density at radius 3 is 2.33 bits per heavy atom. The second-order valence-corrected chi connectivity index (χ2v) is 7.65. The highest BCUT2D eigenvalue weighted by Crippen LogP contribution is 2.31. The van der Waals surface area contributed by atoms with Crippen molar-refractivity contribution in [2.24, 2.45) is 5.92 Å². The van der Waals surface area contributed by atoms with Gasteiger partial charge in [-0.25, -0.2) is 12.7 Å². The summed E-state index contributed by atoms with van der Waals surface area (Å²) in [6, 6.07) is 5.20. The third kappa shape index (κ3) is 3.89. The van der Waals surface area contributed by atoms with Gasteiger partial charge in [0.1, 0.15) is 4.90 Å². The monoisotopic (exact) mass is 313 g/mol. The van der Waals surface area contributed by atoms with Crippen molar-refractivity contribution in [2.45, 2.75) is 32.1 Å². The van der Waals surface area contributed by atoms with E-state index in [9.17, 15) is 8.42 Å². The summed E-state index contributed by atoms with van der Waals surface area (Å²) in [6.07, 6.45) is 1.08. The highest BCUT2D eigenvalue weighted by Gasteiger charge is 2.23. The van der Waals surface area contributed by atoms with Gasteiger partial charge in [-0.05, 0) is 25.0 Å². The Hall–Kier alpha value is -1.27. The maximum atomic E-state index is 12.3. The van der Waals surface area contributed by atoms with E-state index in [0.717, 1.165) is 25.2 Å². The molecule has 1 rings (SSSR count). The summed E-state index contributed by atoms with van der Waals surface area (Å²) in [7, 11) is -0.500. The van der Waals surface area contributed by atoms with Crippen LogP contribution < -0.4 is 10.6 Å². The van der Waals surface area contributed by atoms with Crippen molar-refractivity contribution in [3.63, 3.8) is 0 Å². The van der Waals surface area contributed by atoms with E-state index >= 15 is 0 Å². The number of anilines is 2. The summed E-state index contributed by atoms with van der Waals surface area (Å²) in [5.74, 6) is 0.526. The summed E-state index contributed by atoms with van der Waals surface area (Å²) >= 11 is 0. The van der Waals surface area contributed by atoms with Gasteiger partial charge in [-0.1, -0.05) is 26.3 Å². The van der Waals surface area contributed by atoms with Crippen LogP contribution in [0.25, 0.3) is 0 Å². The maximum Gasteiger partial charge on any atom is 0.244 e. The van der Waals surface area contributed by atoms with Gasteiger partial charge in [0.15, 0.2) is 0 Å². The molecule has 0 bridgehead atoms. The number of nitrogen functional groups attached to an aromatic ring is 1. The molecule has 0 aliphatic heterocycles. The molecular formula is C15H27N3O2S. The maximum absolute atomic E-state index is 12.3. The highest BCUT2D eigenvalue weighted by atomic mass is 32.2. The van der Waals surface area contributed by atoms with E-state index in [0.29, 0.717) is 11.6 Å². The zero-order valence-electron chi connectivity index (χ0n) is 13.6. The zero-order chi connectivity index (χ0) is 16.2. The molecule has 2 N–H and O–H groups in total. The summed E-state index contributed by atoms with van der Waals surface area (Å²) in [4.78, 5) is 2.31. The van der Waals surface area contributed by atoms with E-state index in [4.69, 9.17) is 5.73 Å². The second kappa shape index (κ2) is 7.13. The van der Waals surface area contributed by atoms with E-state index < -0.39 is 10.0 Å². The molecule has 120 valence electrons. The van der Waals surface area contributed by atoms with E-state index in [1.807, 2.05) is 6.07 Å². The van der Waals surface area contributed by atoms with Crippen LogP contribution in [0, 0.1) is 5.92 Å². The SMILES string of the molecule is CCC(C)CN(CC)c1cccc(S(=O)(=O)N(C)C)c1N. The molecule has 0 radical (unpaired) electrons. The molecule has 0 aromatic heterocycles. The molecule has 1 aromatic carbocycles. The van der Waals surface area contributed by atoms with Gasteiger partial charge in [-0.3, -0.25) is 0 Å². The van der Waals surface area contributed by atoms with Crippen LogP contribution in [-0.4, -0.2) is 39.9 Å². The molecule has 0 heterocycles. The Morgan fingerprint density at radius 2 is 1.86 bits per heavy atom. The van der Waals surface area contributed by atoms with Crippen LogP contribution in [0.5, 0.6) is 0 Å². The lowest BCUT2D eigenvalue weighted by Gasteiger charge is -2.28. The van der Waals surface area contributed by atoms with Crippen molar-refractivity contribution in [3.8, 4) is 0 Å². The van der Waals surface area contributed by atoms with Crippen molar-refractivity contribution in [2.75, 3.05) is 37.8 Å². The van der Waals surface area contributed by atoms with Crippen molar-refractivity contribution in [1.82, 2.24) is 4.31 Å². The zero-order valence-corrected chi connectivity index (χ0v) is 14.4. The molecule has 1 atom stereocenters. The molecule has 21 heavy (non-hydrogen) atoms. The fourth-order valence-corrected chi connectivity index (χ4v) is 3.16. The number of sulfonamides is 1. The Kier molecular flexibility index (Phi) is 6.04. The first-order chi connectivity index (χ1) is 9.75. The van der Waals surface area contributed by atoms with Crippen LogP contribution >= 0.6 is 0 Å². The minimum absolute atomic E-state index is 0.174. The Bertz CT molecular complexity index is 570. The lowest BCUT2D eigenvalue weighted by atomic mass is 10.1. The molecule has 0 aliphatic rings. The number of hydrogen-bond donors (Lipinski definition) is 1. The fourth-order valence-electron chi connectivity index (χ4n) is 2.13. The van der Waals surface area contributed by atoms with Crippen LogP contribution in [0.4, 0.5) is 11.4 Å². The molecule has 1 aromatic rings. The third-order valence-electron chi connectivity index (χ3n) is 3.75. The van der Waals surface area contributed by atoms with E-state index in [2.05, 4.69) is 25.7 Å². The average Bonchev–Trinajstić information content (AvgIpc) is 2.44. The number of para-hydroxylation sites is 1. The molecule has 0 saturated carbocycles. The third-order valence-corrected chi connectivity index (χ3v) is 5.63. The topological polar surface area (TPSA) is 66.6 Å². The molecule has 0 amide bonds. The fraction of sp³-hybridized carbons (Fsp3) is 0.600. The van der Waals surface area contributed by atoms with Crippen LogP contribution in [0.2, 0.25) is 0 Å². The van der Waals surface area contributed by atoms with Crippen LogP contribution in [-0.2, 0) is 10.0 Å². The number of benzene rings is 1. The van der Waals surface area contributed by atoms with E-state index in [1.165, 1.54) is 18.4 Å². The number of nitrogens with zero attached hydrogens (tertiary/aromatic N) is 2. The second-order valence-electron chi connectivity index (χ2n) is 5.53. The molecule has 0 spiro atoms. The minimum Gasteiger partial charge on any atom is -0.396 e. The van der Waals surface area contributed by atoms with Gasteiger partial charge >= 0.3 is 0 Å². The average molecular weight is 313 g/mol. The normalized spacial score (nSPS) is 13.4. The van der Waals surface area contributed by atoms with Crippen molar-refractivity contribution < 1.29 is 8.42 Å². The van der Waals surface area contributed by atoms with Gasteiger partial charge in [-0.2, -0.15) is 0 Å². The number of hydrogen-bond acceptors (Lipinski definition) is 4. The predicted octanol–water partition coefficient (Wildman–Crippen LogP) is 2.39. The summed E-state index contributed by atoms with van der Waals surface area (Å²) in [5.41, 5.74) is 7.28. The summed E-state index contributed by atoms with van der Waals surface area (Å²) in [5, 5.41) is 0. The van der Waals surface area contributed by atoms with Gasteiger partial charge in [0.2, 0.25) is 10.0 Å². The number of nitrogens with two attached hydrogens (primary N) is 1.